The number of halogens is 3. The lowest BCUT2D eigenvalue weighted by atomic mass is 10.3. The second-order valence-corrected chi connectivity index (χ2v) is 5.09. The topological polar surface area (TPSA) is 24.9 Å². The average molecular weight is 290 g/mol. The molecule has 0 amide bonds. The summed E-state index contributed by atoms with van der Waals surface area (Å²) >= 11 is 1.39. The molecular formula is C13H17F3N2S. The van der Waals surface area contributed by atoms with E-state index in [1.807, 2.05) is 0 Å². The minimum atomic E-state index is -4.33. The third-order valence-corrected chi connectivity index (χ3v) is 3.38. The molecule has 0 spiro atoms. The molecule has 0 aliphatic heterocycles. The summed E-state index contributed by atoms with van der Waals surface area (Å²) in [7, 11) is 0. The van der Waals surface area contributed by atoms with Crippen LogP contribution in [0.1, 0.15) is 18.9 Å². The van der Waals surface area contributed by atoms with E-state index in [1.165, 1.54) is 17.8 Å². The first-order valence-electron chi connectivity index (χ1n) is 5.97. The van der Waals surface area contributed by atoms with Gasteiger partial charge in [-0.1, -0.05) is 19.1 Å². The van der Waals surface area contributed by atoms with Crippen LogP contribution in [0.3, 0.4) is 0 Å². The fourth-order valence-corrected chi connectivity index (χ4v) is 2.05. The standard InChI is InChI=1S/C13H17F3N2S/c1-3-6-17-7-10(2)9-19-12-5-4-11(8-18-12)13(14,15)16/h4-5,8,17H,2-3,6-7,9H2,1H3. The third-order valence-electron chi connectivity index (χ3n) is 2.29. The summed E-state index contributed by atoms with van der Waals surface area (Å²) in [4.78, 5) is 3.80. The number of thioether (sulfide) groups is 1. The molecule has 0 bridgehead atoms. The molecule has 1 rings (SSSR count). The Bertz CT molecular complexity index is 401. The first kappa shape index (κ1) is 16.0. The molecule has 0 aliphatic carbocycles. The van der Waals surface area contributed by atoms with Gasteiger partial charge in [-0.25, -0.2) is 4.98 Å². The third kappa shape index (κ3) is 6.11. The predicted octanol–water partition coefficient (Wildman–Crippen LogP) is 3.75. The van der Waals surface area contributed by atoms with Gasteiger partial charge in [-0.3, -0.25) is 0 Å². The Morgan fingerprint density at radius 1 is 1.42 bits per heavy atom. The van der Waals surface area contributed by atoms with Crippen LogP contribution >= 0.6 is 11.8 Å². The number of rotatable bonds is 7. The molecule has 0 saturated carbocycles. The lowest BCUT2D eigenvalue weighted by Gasteiger charge is -2.08. The van der Waals surface area contributed by atoms with Crippen LogP contribution in [-0.4, -0.2) is 23.8 Å². The molecule has 1 N–H and O–H groups in total. The number of pyridine rings is 1. The van der Waals surface area contributed by atoms with E-state index >= 15 is 0 Å². The van der Waals surface area contributed by atoms with Crippen LogP contribution in [-0.2, 0) is 6.18 Å². The molecule has 0 atom stereocenters. The zero-order chi connectivity index (χ0) is 14.3. The Morgan fingerprint density at radius 2 is 2.16 bits per heavy atom. The van der Waals surface area contributed by atoms with Gasteiger partial charge in [-0.2, -0.15) is 13.2 Å². The molecule has 2 nitrogen and oxygen atoms in total. The lowest BCUT2D eigenvalue weighted by Crippen LogP contribution is -2.18. The van der Waals surface area contributed by atoms with Crippen molar-refractivity contribution in [3.8, 4) is 0 Å². The van der Waals surface area contributed by atoms with Crippen molar-refractivity contribution >= 4 is 11.8 Å². The van der Waals surface area contributed by atoms with Gasteiger partial charge in [0.05, 0.1) is 10.6 Å². The van der Waals surface area contributed by atoms with E-state index in [1.54, 1.807) is 0 Å². The van der Waals surface area contributed by atoms with Crippen LogP contribution in [0.4, 0.5) is 13.2 Å². The fraction of sp³-hybridized carbons (Fsp3) is 0.462. The molecule has 1 aromatic rings. The summed E-state index contributed by atoms with van der Waals surface area (Å²) in [6.07, 6.45) is -2.41. The van der Waals surface area contributed by atoms with Crippen LogP contribution in [0.2, 0.25) is 0 Å². The Morgan fingerprint density at radius 3 is 2.68 bits per heavy atom. The van der Waals surface area contributed by atoms with Crippen molar-refractivity contribution in [2.24, 2.45) is 0 Å². The van der Waals surface area contributed by atoms with Crippen LogP contribution in [0.5, 0.6) is 0 Å². The maximum atomic E-state index is 12.3. The zero-order valence-electron chi connectivity index (χ0n) is 10.8. The van der Waals surface area contributed by atoms with Gasteiger partial charge < -0.3 is 5.32 Å². The molecule has 19 heavy (non-hydrogen) atoms. The van der Waals surface area contributed by atoms with Crippen LogP contribution < -0.4 is 5.32 Å². The van der Waals surface area contributed by atoms with E-state index in [-0.39, 0.29) is 0 Å². The van der Waals surface area contributed by atoms with Gasteiger partial charge in [0.1, 0.15) is 0 Å². The first-order valence-corrected chi connectivity index (χ1v) is 6.95. The summed E-state index contributed by atoms with van der Waals surface area (Å²) in [5.41, 5.74) is 0.278. The molecule has 0 saturated heterocycles. The maximum absolute atomic E-state index is 12.3. The molecule has 1 aromatic heterocycles. The highest BCUT2D eigenvalue weighted by atomic mass is 32.2. The van der Waals surface area contributed by atoms with E-state index in [9.17, 15) is 13.2 Å². The number of nitrogens with one attached hydrogen (secondary N) is 1. The summed E-state index contributed by atoms with van der Waals surface area (Å²) < 4.78 is 37.0. The summed E-state index contributed by atoms with van der Waals surface area (Å²) in [6.45, 7) is 7.64. The van der Waals surface area contributed by atoms with E-state index in [0.717, 1.165) is 37.3 Å². The minimum absolute atomic E-state index is 0.574. The van der Waals surface area contributed by atoms with Crippen LogP contribution in [0, 0.1) is 0 Å². The molecule has 0 fully saturated rings. The van der Waals surface area contributed by atoms with Crippen molar-refractivity contribution in [2.75, 3.05) is 18.8 Å². The van der Waals surface area contributed by atoms with Gasteiger partial charge in [0, 0.05) is 18.5 Å². The number of nitrogens with zero attached hydrogens (tertiary/aromatic N) is 1. The van der Waals surface area contributed by atoms with Gasteiger partial charge in [-0.15, -0.1) is 11.8 Å². The second kappa shape index (κ2) is 7.55. The Kier molecular flexibility index (Phi) is 6.37. The van der Waals surface area contributed by atoms with Crippen LogP contribution in [0.15, 0.2) is 35.5 Å². The molecule has 0 aromatic carbocycles. The van der Waals surface area contributed by atoms with Crippen LogP contribution in [0.25, 0.3) is 0 Å². The van der Waals surface area contributed by atoms with E-state index < -0.39 is 11.7 Å². The van der Waals surface area contributed by atoms with Crippen molar-refractivity contribution in [2.45, 2.75) is 24.5 Å². The average Bonchev–Trinajstić information content (AvgIpc) is 2.36. The Labute approximate surface area is 115 Å². The highest BCUT2D eigenvalue weighted by molar-refractivity contribution is 7.99. The Balaban J connectivity index is 2.40. The number of alkyl halides is 3. The van der Waals surface area contributed by atoms with Crippen molar-refractivity contribution in [1.82, 2.24) is 10.3 Å². The van der Waals surface area contributed by atoms with Crippen molar-refractivity contribution < 1.29 is 13.2 Å². The van der Waals surface area contributed by atoms with E-state index in [0.29, 0.717) is 10.8 Å². The summed E-state index contributed by atoms with van der Waals surface area (Å²) in [5, 5.41) is 3.79. The number of hydrogen-bond donors (Lipinski definition) is 1. The zero-order valence-corrected chi connectivity index (χ0v) is 11.6. The summed E-state index contributed by atoms with van der Waals surface area (Å²) in [5.74, 6) is 0.648. The second-order valence-electron chi connectivity index (χ2n) is 4.10. The monoisotopic (exact) mass is 290 g/mol. The lowest BCUT2D eigenvalue weighted by molar-refractivity contribution is -0.137. The molecule has 0 unspecified atom stereocenters. The predicted molar refractivity (Wildman–Crippen MR) is 72.3 cm³/mol. The quantitative estimate of drug-likeness (QED) is 0.470. The normalized spacial score (nSPS) is 11.6. The number of hydrogen-bond acceptors (Lipinski definition) is 3. The highest BCUT2D eigenvalue weighted by Crippen LogP contribution is 2.29. The Hall–Kier alpha value is -1.01. The van der Waals surface area contributed by atoms with Gasteiger partial charge in [0.25, 0.3) is 0 Å². The molecule has 0 aliphatic rings. The maximum Gasteiger partial charge on any atom is 0.417 e. The number of aromatic nitrogens is 1. The molecule has 1 heterocycles. The first-order chi connectivity index (χ1) is 8.93. The van der Waals surface area contributed by atoms with Gasteiger partial charge >= 0.3 is 6.18 Å². The molecule has 0 radical (unpaired) electrons. The van der Waals surface area contributed by atoms with Crippen molar-refractivity contribution in [1.29, 1.82) is 0 Å². The molecular weight excluding hydrogens is 273 g/mol. The fourth-order valence-electron chi connectivity index (χ4n) is 1.30. The smallest absolute Gasteiger partial charge is 0.313 e. The minimum Gasteiger partial charge on any atom is -0.313 e. The van der Waals surface area contributed by atoms with Crippen molar-refractivity contribution in [3.63, 3.8) is 0 Å². The largest absolute Gasteiger partial charge is 0.417 e. The summed E-state index contributed by atoms with van der Waals surface area (Å²) in [6, 6.07) is 2.44. The molecule has 6 heteroatoms. The van der Waals surface area contributed by atoms with Gasteiger partial charge in [0.15, 0.2) is 0 Å². The molecule has 106 valence electrons. The van der Waals surface area contributed by atoms with Gasteiger partial charge in [-0.05, 0) is 25.1 Å². The van der Waals surface area contributed by atoms with Gasteiger partial charge in [0.2, 0.25) is 0 Å². The van der Waals surface area contributed by atoms with E-state index in [4.69, 9.17) is 0 Å². The van der Waals surface area contributed by atoms with Crippen molar-refractivity contribution in [3.05, 3.63) is 36.0 Å². The SMILES string of the molecule is C=C(CNCCC)CSc1ccc(C(F)(F)F)cn1. The highest BCUT2D eigenvalue weighted by Gasteiger charge is 2.30. The van der Waals surface area contributed by atoms with E-state index in [2.05, 4.69) is 23.8 Å².